The minimum atomic E-state index is -0.611. The van der Waals surface area contributed by atoms with Crippen LogP contribution < -0.4 is 14.8 Å². The van der Waals surface area contributed by atoms with Crippen molar-refractivity contribution in [1.29, 1.82) is 0 Å². The van der Waals surface area contributed by atoms with Crippen LogP contribution in [0, 0.1) is 18.6 Å². The Morgan fingerprint density at radius 1 is 1.00 bits per heavy atom. The summed E-state index contributed by atoms with van der Waals surface area (Å²) in [6.45, 7) is 2.85. The number of aromatic nitrogens is 2. The van der Waals surface area contributed by atoms with E-state index in [1.807, 2.05) is 25.1 Å². The molecular formula is C21H19F2N3O2. The number of hydrogen-bond acceptors (Lipinski definition) is 5. The van der Waals surface area contributed by atoms with E-state index < -0.39 is 11.6 Å². The quantitative estimate of drug-likeness (QED) is 0.590. The zero-order chi connectivity index (χ0) is 19.5. The highest BCUT2D eigenvalue weighted by Crippen LogP contribution is 2.32. The van der Waals surface area contributed by atoms with Gasteiger partial charge in [-0.2, -0.15) is 0 Å². The van der Waals surface area contributed by atoms with Gasteiger partial charge in [0.05, 0.1) is 19.4 Å². The van der Waals surface area contributed by atoms with Crippen LogP contribution in [-0.4, -0.2) is 23.2 Å². The monoisotopic (exact) mass is 383 g/mol. The molecule has 7 heteroatoms. The first kappa shape index (κ1) is 18.2. The normalized spacial score (nSPS) is 13.8. The molecule has 0 aliphatic carbocycles. The third-order valence-electron chi connectivity index (χ3n) is 4.31. The molecule has 4 bridgehead atoms. The maximum Gasteiger partial charge on any atom is 0.227 e. The predicted octanol–water partition coefficient (Wildman–Crippen LogP) is 5.03. The van der Waals surface area contributed by atoms with Crippen molar-refractivity contribution in [3.63, 3.8) is 0 Å². The second kappa shape index (κ2) is 7.80. The van der Waals surface area contributed by atoms with Gasteiger partial charge in [0, 0.05) is 23.4 Å². The molecule has 1 N–H and O–H groups in total. The lowest BCUT2D eigenvalue weighted by atomic mass is 10.1. The van der Waals surface area contributed by atoms with E-state index >= 15 is 0 Å². The van der Waals surface area contributed by atoms with Gasteiger partial charge in [0.25, 0.3) is 0 Å². The Labute approximate surface area is 161 Å². The largest absolute Gasteiger partial charge is 0.494 e. The van der Waals surface area contributed by atoms with Crippen LogP contribution in [0.25, 0.3) is 11.3 Å². The van der Waals surface area contributed by atoms with Crippen molar-refractivity contribution in [2.24, 2.45) is 0 Å². The standard InChI is InChI=1S/C21H19F2N3O2/c1-13-8-15-11-16(9-13)27-6-2-3-7-28-19-10-14(22)4-5-17(19)20-18(23)12-24-21(25-15)26-20/h4-5,8-12H,2-3,6-7H2,1H3,(H,24,25,26). The lowest BCUT2D eigenvalue weighted by Crippen LogP contribution is -2.04. The van der Waals surface area contributed by atoms with Crippen LogP contribution in [0.5, 0.6) is 11.5 Å². The smallest absolute Gasteiger partial charge is 0.227 e. The molecule has 28 heavy (non-hydrogen) atoms. The van der Waals surface area contributed by atoms with Crippen molar-refractivity contribution >= 4 is 11.6 Å². The van der Waals surface area contributed by atoms with Gasteiger partial charge in [-0.15, -0.1) is 0 Å². The van der Waals surface area contributed by atoms with Crippen LogP contribution in [0.15, 0.2) is 42.6 Å². The number of benzene rings is 2. The first-order valence-corrected chi connectivity index (χ1v) is 9.05. The molecule has 2 aromatic carbocycles. The van der Waals surface area contributed by atoms with Gasteiger partial charge >= 0.3 is 0 Å². The van der Waals surface area contributed by atoms with Crippen LogP contribution >= 0.6 is 0 Å². The zero-order valence-electron chi connectivity index (χ0n) is 15.3. The SMILES string of the molecule is Cc1cc2cc(c1)OCCCCOc1cc(F)ccc1-c1nc(ncc1F)N2. The highest BCUT2D eigenvalue weighted by molar-refractivity contribution is 5.69. The average Bonchev–Trinajstić information content (AvgIpc) is 2.66. The molecular weight excluding hydrogens is 364 g/mol. The molecule has 1 aliphatic rings. The Balaban J connectivity index is 1.80. The fourth-order valence-corrected chi connectivity index (χ4v) is 3.04. The van der Waals surface area contributed by atoms with Gasteiger partial charge in [0.2, 0.25) is 5.95 Å². The molecule has 0 spiro atoms. The van der Waals surface area contributed by atoms with Gasteiger partial charge in [-0.1, -0.05) is 0 Å². The molecule has 144 valence electrons. The number of nitrogens with one attached hydrogen (secondary N) is 1. The summed E-state index contributed by atoms with van der Waals surface area (Å²) in [6.07, 6.45) is 2.57. The van der Waals surface area contributed by atoms with Gasteiger partial charge < -0.3 is 14.8 Å². The van der Waals surface area contributed by atoms with Crippen LogP contribution in [-0.2, 0) is 0 Å². The van der Waals surface area contributed by atoms with Gasteiger partial charge in [0.15, 0.2) is 5.82 Å². The third-order valence-corrected chi connectivity index (χ3v) is 4.31. The molecule has 0 radical (unpaired) electrons. The Morgan fingerprint density at radius 3 is 2.68 bits per heavy atom. The molecule has 5 nitrogen and oxygen atoms in total. The summed E-state index contributed by atoms with van der Waals surface area (Å²) in [4.78, 5) is 8.31. The van der Waals surface area contributed by atoms with Crippen LogP contribution in [0.4, 0.5) is 20.4 Å². The molecule has 0 amide bonds. The van der Waals surface area contributed by atoms with Crippen molar-refractivity contribution in [1.82, 2.24) is 9.97 Å². The van der Waals surface area contributed by atoms with Gasteiger partial charge in [-0.25, -0.2) is 18.7 Å². The molecule has 4 rings (SSSR count). The Bertz CT molecular complexity index is 1010. The van der Waals surface area contributed by atoms with Crippen molar-refractivity contribution in [2.45, 2.75) is 19.8 Å². The summed E-state index contributed by atoms with van der Waals surface area (Å²) in [5.74, 6) is 0.124. The van der Waals surface area contributed by atoms with E-state index in [0.29, 0.717) is 25.2 Å². The van der Waals surface area contributed by atoms with Gasteiger partial charge in [-0.05, 0) is 49.6 Å². The topological polar surface area (TPSA) is 56.3 Å². The molecule has 0 fully saturated rings. The molecule has 1 aromatic heterocycles. The van der Waals surface area contributed by atoms with Crippen molar-refractivity contribution in [3.05, 3.63) is 59.8 Å². The Hall–Kier alpha value is -3.22. The summed E-state index contributed by atoms with van der Waals surface area (Å²) in [5.41, 5.74) is 2.17. The fraction of sp³-hybridized carbons (Fsp3) is 0.238. The van der Waals surface area contributed by atoms with Crippen LogP contribution in [0.3, 0.4) is 0 Å². The molecule has 3 aromatic rings. The van der Waals surface area contributed by atoms with Crippen molar-refractivity contribution in [2.75, 3.05) is 18.5 Å². The number of nitrogens with zero attached hydrogens (tertiary/aromatic N) is 2. The van der Waals surface area contributed by atoms with Crippen molar-refractivity contribution in [3.8, 4) is 22.8 Å². The summed E-state index contributed by atoms with van der Waals surface area (Å²) in [7, 11) is 0. The van der Waals surface area contributed by atoms with Crippen molar-refractivity contribution < 1.29 is 18.3 Å². The molecule has 0 saturated carbocycles. The maximum absolute atomic E-state index is 14.5. The number of ether oxygens (including phenoxy) is 2. The summed E-state index contributed by atoms with van der Waals surface area (Å²) in [5, 5.41) is 3.08. The second-order valence-corrected chi connectivity index (χ2v) is 6.59. The van der Waals surface area contributed by atoms with E-state index in [4.69, 9.17) is 9.47 Å². The minimum absolute atomic E-state index is 0.0477. The molecule has 1 aliphatic heterocycles. The highest BCUT2D eigenvalue weighted by atomic mass is 19.1. The van der Waals surface area contributed by atoms with E-state index in [1.165, 1.54) is 18.2 Å². The molecule has 0 saturated heterocycles. The molecule has 0 unspecified atom stereocenters. The van der Waals surface area contributed by atoms with E-state index in [0.717, 1.165) is 29.6 Å². The fourth-order valence-electron chi connectivity index (χ4n) is 3.04. The summed E-state index contributed by atoms with van der Waals surface area (Å²) in [6, 6.07) is 9.67. The number of hydrogen-bond donors (Lipinski definition) is 1. The van der Waals surface area contributed by atoms with Gasteiger partial charge in [-0.3, -0.25) is 0 Å². The minimum Gasteiger partial charge on any atom is -0.494 e. The maximum atomic E-state index is 14.5. The lowest BCUT2D eigenvalue weighted by molar-refractivity contribution is 0.266. The van der Waals surface area contributed by atoms with E-state index in [2.05, 4.69) is 15.3 Å². The zero-order valence-corrected chi connectivity index (χ0v) is 15.3. The number of halogens is 2. The number of aryl methyl sites for hydroxylation is 1. The van der Waals surface area contributed by atoms with E-state index in [1.54, 1.807) is 0 Å². The number of fused-ring (bicyclic) bond motifs is 6. The van der Waals surface area contributed by atoms with Crippen LogP contribution in [0.1, 0.15) is 18.4 Å². The van der Waals surface area contributed by atoms with Crippen LogP contribution in [0.2, 0.25) is 0 Å². The van der Waals surface area contributed by atoms with E-state index in [9.17, 15) is 8.78 Å². The Morgan fingerprint density at radius 2 is 1.82 bits per heavy atom. The lowest BCUT2D eigenvalue weighted by Gasteiger charge is -2.13. The highest BCUT2D eigenvalue weighted by Gasteiger charge is 2.16. The second-order valence-electron chi connectivity index (χ2n) is 6.59. The number of anilines is 2. The summed E-state index contributed by atoms with van der Waals surface area (Å²) >= 11 is 0. The molecule has 2 heterocycles. The molecule has 0 atom stereocenters. The first-order valence-electron chi connectivity index (χ1n) is 9.05. The van der Waals surface area contributed by atoms with Gasteiger partial charge in [0.1, 0.15) is 23.0 Å². The van der Waals surface area contributed by atoms with E-state index in [-0.39, 0.29) is 17.4 Å². The average molecular weight is 383 g/mol. The Kier molecular flexibility index (Phi) is 5.06. The predicted molar refractivity (Wildman–Crippen MR) is 102 cm³/mol. The third kappa shape index (κ3) is 4.03. The summed E-state index contributed by atoms with van der Waals surface area (Å²) < 4.78 is 39.7. The number of rotatable bonds is 0. The first-order chi connectivity index (χ1) is 13.6.